The molecule has 0 bridgehead atoms. The van der Waals surface area contributed by atoms with Crippen LogP contribution in [0.1, 0.15) is 91.8 Å². The van der Waals surface area contributed by atoms with Gasteiger partial charge in [-0.15, -0.1) is 0 Å². The quantitative estimate of drug-likeness (QED) is 0.164. The Morgan fingerprint density at radius 2 is 1.62 bits per heavy atom. The van der Waals surface area contributed by atoms with E-state index in [1.807, 2.05) is 6.07 Å². The lowest BCUT2D eigenvalue weighted by Crippen LogP contribution is -2.05. The first-order valence-corrected chi connectivity index (χ1v) is 16.6. The summed E-state index contributed by atoms with van der Waals surface area (Å²) >= 11 is 0. The van der Waals surface area contributed by atoms with Gasteiger partial charge in [0, 0.05) is 12.8 Å². The fourth-order valence-electron chi connectivity index (χ4n) is 7.31. The van der Waals surface area contributed by atoms with Crippen molar-refractivity contribution < 1.29 is 4.74 Å². The van der Waals surface area contributed by atoms with Crippen molar-refractivity contribution in [1.29, 1.82) is 10.5 Å². The van der Waals surface area contributed by atoms with Gasteiger partial charge in [0.05, 0.1) is 6.07 Å². The summed E-state index contributed by atoms with van der Waals surface area (Å²) in [6.07, 6.45) is 6.56. The maximum Gasteiger partial charge on any atom is 0.174 e. The number of aryl methyl sites for hydroxylation is 2. The van der Waals surface area contributed by atoms with E-state index < -0.39 is 0 Å². The van der Waals surface area contributed by atoms with Gasteiger partial charge in [-0.25, -0.2) is 0 Å². The maximum absolute atomic E-state index is 9.24. The Kier molecular flexibility index (Phi) is 10.4. The van der Waals surface area contributed by atoms with Crippen molar-refractivity contribution in [3.8, 4) is 40.1 Å². The van der Waals surface area contributed by atoms with Crippen molar-refractivity contribution >= 4 is 0 Å². The van der Waals surface area contributed by atoms with Crippen LogP contribution in [0.4, 0.5) is 0 Å². The summed E-state index contributed by atoms with van der Waals surface area (Å²) in [7, 11) is 0. The molecule has 1 aliphatic carbocycles. The maximum atomic E-state index is 9.24. The molecule has 4 aromatic carbocycles. The molecule has 0 aliphatic heterocycles. The molecule has 0 fully saturated rings. The van der Waals surface area contributed by atoms with Gasteiger partial charge in [0.15, 0.2) is 6.61 Å². The molecule has 0 radical (unpaired) electrons. The number of fused-ring (bicyclic) bond motifs is 1. The SMILES string of the molecule is Cc1cc(-c2ccc(CCC#N)cc2CC(C)C)c2c(c1-c1ccc(OCC#N)c(Cc3ccccc3)c1)C(CC(C)C)CC2. The first-order chi connectivity index (χ1) is 21.8. The lowest BCUT2D eigenvalue weighted by molar-refractivity contribution is 0.364. The van der Waals surface area contributed by atoms with Crippen LogP contribution in [-0.2, 0) is 25.7 Å². The van der Waals surface area contributed by atoms with Gasteiger partial charge in [-0.05, 0) is 130 Å². The molecule has 1 unspecified atom stereocenters. The Hall–Kier alpha value is -4.34. The van der Waals surface area contributed by atoms with Gasteiger partial charge in [-0.3, -0.25) is 0 Å². The first kappa shape index (κ1) is 32.1. The molecule has 0 N–H and O–H groups in total. The Balaban J connectivity index is 1.68. The molecule has 4 aromatic rings. The topological polar surface area (TPSA) is 56.8 Å². The van der Waals surface area contributed by atoms with Crippen LogP contribution in [0.15, 0.2) is 72.8 Å². The van der Waals surface area contributed by atoms with E-state index in [1.165, 1.54) is 68.5 Å². The van der Waals surface area contributed by atoms with E-state index >= 15 is 0 Å². The third-order valence-electron chi connectivity index (χ3n) is 9.07. The number of ether oxygens (including phenoxy) is 1. The summed E-state index contributed by atoms with van der Waals surface area (Å²) < 4.78 is 5.92. The van der Waals surface area contributed by atoms with Crippen LogP contribution in [0, 0.1) is 41.4 Å². The minimum Gasteiger partial charge on any atom is -0.478 e. The van der Waals surface area contributed by atoms with Crippen LogP contribution in [0.25, 0.3) is 22.3 Å². The summed E-state index contributed by atoms with van der Waals surface area (Å²) in [6, 6.07) is 30.9. The van der Waals surface area contributed by atoms with E-state index in [2.05, 4.69) is 113 Å². The molecule has 1 aliphatic rings. The smallest absolute Gasteiger partial charge is 0.174 e. The Bertz CT molecular complexity index is 1720. The van der Waals surface area contributed by atoms with Crippen LogP contribution in [0.2, 0.25) is 0 Å². The minimum atomic E-state index is 0.0364. The summed E-state index contributed by atoms with van der Waals surface area (Å²) in [4.78, 5) is 0. The molecule has 0 aromatic heterocycles. The zero-order chi connectivity index (χ0) is 31.9. The van der Waals surface area contributed by atoms with Crippen molar-refractivity contribution in [2.45, 2.75) is 85.5 Å². The Morgan fingerprint density at radius 1 is 0.822 bits per heavy atom. The van der Waals surface area contributed by atoms with Crippen LogP contribution in [0.5, 0.6) is 5.75 Å². The lowest BCUT2D eigenvalue weighted by Gasteiger charge is -2.24. The first-order valence-electron chi connectivity index (χ1n) is 16.6. The fraction of sp³-hybridized carbons (Fsp3) is 0.381. The van der Waals surface area contributed by atoms with Gasteiger partial charge in [0.1, 0.15) is 11.8 Å². The van der Waals surface area contributed by atoms with Crippen molar-refractivity contribution in [2.24, 2.45) is 11.8 Å². The lowest BCUT2D eigenvalue weighted by atomic mass is 9.80. The van der Waals surface area contributed by atoms with Crippen molar-refractivity contribution in [3.63, 3.8) is 0 Å². The predicted octanol–water partition coefficient (Wildman–Crippen LogP) is 10.6. The number of hydrogen-bond donors (Lipinski definition) is 0. The molecule has 0 heterocycles. The van der Waals surface area contributed by atoms with Gasteiger partial charge in [-0.2, -0.15) is 10.5 Å². The second kappa shape index (κ2) is 14.6. The number of nitrogens with zero attached hydrogens (tertiary/aromatic N) is 2. The summed E-state index contributed by atoms with van der Waals surface area (Å²) in [6.45, 7) is 11.6. The van der Waals surface area contributed by atoms with Gasteiger partial charge in [0.25, 0.3) is 0 Å². The summed E-state index contributed by atoms with van der Waals surface area (Å²) in [5.41, 5.74) is 14.7. The van der Waals surface area contributed by atoms with Crippen LogP contribution < -0.4 is 4.74 Å². The van der Waals surface area contributed by atoms with E-state index in [9.17, 15) is 10.5 Å². The highest BCUT2D eigenvalue weighted by Gasteiger charge is 2.31. The van der Waals surface area contributed by atoms with E-state index in [-0.39, 0.29) is 6.61 Å². The van der Waals surface area contributed by atoms with Gasteiger partial charge < -0.3 is 4.74 Å². The van der Waals surface area contributed by atoms with Gasteiger partial charge >= 0.3 is 0 Å². The van der Waals surface area contributed by atoms with Gasteiger partial charge in [-0.1, -0.05) is 88.4 Å². The summed E-state index contributed by atoms with van der Waals surface area (Å²) in [5.74, 6) is 2.46. The normalized spacial score (nSPS) is 13.9. The van der Waals surface area contributed by atoms with Crippen LogP contribution >= 0.6 is 0 Å². The standard InChI is InChI=1S/C42H46N2O/c1-28(2)22-33-14-17-38-39(37-16-13-32(12-9-19-43)25-35(37)23-29(3)4)24-30(5)41(42(33)38)34-15-18-40(45-21-20-44)36(27-34)26-31-10-7-6-8-11-31/h6-8,10-11,13,15-16,18,24-25,27-29,33H,9,12,14,17,21-23,26H2,1-5H3. The molecule has 0 saturated carbocycles. The molecule has 230 valence electrons. The molecular weight excluding hydrogens is 548 g/mol. The number of nitriles is 2. The fourth-order valence-corrected chi connectivity index (χ4v) is 7.31. The average Bonchev–Trinajstić information content (AvgIpc) is 3.42. The second-order valence-electron chi connectivity index (χ2n) is 13.6. The van der Waals surface area contributed by atoms with Crippen molar-refractivity contribution in [2.75, 3.05) is 6.61 Å². The van der Waals surface area contributed by atoms with E-state index in [4.69, 9.17) is 4.74 Å². The molecule has 0 spiro atoms. The molecule has 0 amide bonds. The van der Waals surface area contributed by atoms with Crippen molar-refractivity contribution in [1.82, 2.24) is 0 Å². The van der Waals surface area contributed by atoms with E-state index in [0.29, 0.717) is 24.2 Å². The van der Waals surface area contributed by atoms with E-state index in [0.717, 1.165) is 37.0 Å². The highest BCUT2D eigenvalue weighted by atomic mass is 16.5. The highest BCUT2D eigenvalue weighted by Crippen LogP contribution is 2.49. The van der Waals surface area contributed by atoms with Crippen LogP contribution in [-0.4, -0.2) is 6.61 Å². The summed E-state index contributed by atoms with van der Waals surface area (Å²) in [5, 5.41) is 18.4. The number of benzene rings is 4. The van der Waals surface area contributed by atoms with E-state index in [1.54, 1.807) is 0 Å². The Morgan fingerprint density at radius 3 is 2.33 bits per heavy atom. The second-order valence-corrected chi connectivity index (χ2v) is 13.6. The molecular formula is C42H46N2O. The highest BCUT2D eigenvalue weighted by molar-refractivity contribution is 5.83. The molecule has 5 rings (SSSR count). The third-order valence-corrected chi connectivity index (χ3v) is 9.07. The number of rotatable bonds is 12. The number of hydrogen-bond acceptors (Lipinski definition) is 3. The largest absolute Gasteiger partial charge is 0.478 e. The van der Waals surface area contributed by atoms with Crippen molar-refractivity contribution in [3.05, 3.63) is 112 Å². The third kappa shape index (κ3) is 7.49. The van der Waals surface area contributed by atoms with Gasteiger partial charge in [0.2, 0.25) is 0 Å². The molecule has 3 nitrogen and oxygen atoms in total. The predicted molar refractivity (Wildman–Crippen MR) is 185 cm³/mol. The molecule has 1 atom stereocenters. The molecule has 45 heavy (non-hydrogen) atoms. The Labute approximate surface area is 270 Å². The average molecular weight is 595 g/mol. The monoisotopic (exact) mass is 594 g/mol. The minimum absolute atomic E-state index is 0.0364. The molecule has 3 heteroatoms. The van der Waals surface area contributed by atoms with Crippen LogP contribution in [0.3, 0.4) is 0 Å². The zero-order valence-corrected chi connectivity index (χ0v) is 27.6. The zero-order valence-electron chi connectivity index (χ0n) is 27.6. The molecule has 0 saturated heterocycles.